The Morgan fingerprint density at radius 3 is 2.00 bits per heavy atom. The van der Waals surface area contributed by atoms with Gasteiger partial charge in [-0.15, -0.1) is 11.8 Å². The molecular formula is C18H23NOS. The van der Waals surface area contributed by atoms with Crippen LogP contribution in [-0.4, -0.2) is 20.4 Å². The van der Waals surface area contributed by atoms with E-state index < -0.39 is 0 Å². The number of hydrogen-bond acceptors (Lipinski definition) is 3. The summed E-state index contributed by atoms with van der Waals surface area (Å²) in [6, 6.07) is 13.3. The zero-order valence-corrected chi connectivity index (χ0v) is 14.2. The predicted molar refractivity (Wildman–Crippen MR) is 91.6 cm³/mol. The lowest BCUT2D eigenvalue weighted by Gasteiger charge is -2.20. The minimum Gasteiger partial charge on any atom is -0.496 e. The molecule has 0 spiro atoms. The number of methoxy groups -OCH3 is 1. The second kappa shape index (κ2) is 7.01. The van der Waals surface area contributed by atoms with Gasteiger partial charge in [0.25, 0.3) is 0 Å². The van der Waals surface area contributed by atoms with Crippen molar-refractivity contribution in [2.75, 3.05) is 20.4 Å². The van der Waals surface area contributed by atoms with E-state index in [4.69, 9.17) is 4.74 Å². The lowest BCUT2D eigenvalue weighted by molar-refractivity contribution is 0.408. The molecule has 0 aliphatic heterocycles. The van der Waals surface area contributed by atoms with Crippen LogP contribution in [-0.2, 0) is 0 Å². The molecule has 0 aromatic heterocycles. The van der Waals surface area contributed by atoms with Crippen LogP contribution in [0.5, 0.6) is 5.75 Å². The maximum absolute atomic E-state index is 5.46. The molecule has 2 aromatic rings. The number of aryl methyl sites for hydroxylation is 2. The summed E-state index contributed by atoms with van der Waals surface area (Å²) in [6.07, 6.45) is 2.10. The molecule has 112 valence electrons. The van der Waals surface area contributed by atoms with E-state index in [1.807, 2.05) is 7.05 Å². The third-order valence-electron chi connectivity index (χ3n) is 3.76. The zero-order chi connectivity index (χ0) is 15.4. The first kappa shape index (κ1) is 15.9. The van der Waals surface area contributed by atoms with E-state index in [0.29, 0.717) is 0 Å². The van der Waals surface area contributed by atoms with Crippen LogP contribution in [0.2, 0.25) is 0 Å². The average molecular weight is 301 g/mol. The molecule has 3 heteroatoms. The summed E-state index contributed by atoms with van der Waals surface area (Å²) < 4.78 is 5.46. The minimum absolute atomic E-state index is 0.198. The summed E-state index contributed by atoms with van der Waals surface area (Å²) in [4.78, 5) is 1.29. The highest BCUT2D eigenvalue weighted by molar-refractivity contribution is 7.98. The van der Waals surface area contributed by atoms with Gasteiger partial charge < -0.3 is 10.1 Å². The Morgan fingerprint density at radius 2 is 1.57 bits per heavy atom. The van der Waals surface area contributed by atoms with Crippen LogP contribution in [0.4, 0.5) is 0 Å². The highest BCUT2D eigenvalue weighted by Crippen LogP contribution is 2.30. The Kier molecular flexibility index (Phi) is 5.32. The molecular weight excluding hydrogens is 278 g/mol. The van der Waals surface area contributed by atoms with Gasteiger partial charge in [0.1, 0.15) is 5.75 Å². The van der Waals surface area contributed by atoms with Crippen molar-refractivity contribution in [2.24, 2.45) is 0 Å². The summed E-state index contributed by atoms with van der Waals surface area (Å²) in [5.41, 5.74) is 4.89. The first-order valence-electron chi connectivity index (χ1n) is 7.07. The van der Waals surface area contributed by atoms with Crippen molar-refractivity contribution < 1.29 is 4.74 Å². The van der Waals surface area contributed by atoms with Crippen LogP contribution >= 0.6 is 11.8 Å². The van der Waals surface area contributed by atoms with Crippen LogP contribution in [0, 0.1) is 13.8 Å². The van der Waals surface area contributed by atoms with E-state index in [1.165, 1.54) is 27.1 Å². The molecule has 0 aliphatic carbocycles. The molecule has 1 N–H and O–H groups in total. The lowest BCUT2D eigenvalue weighted by atomic mass is 9.95. The molecule has 0 heterocycles. The molecule has 0 radical (unpaired) electrons. The average Bonchev–Trinajstić information content (AvgIpc) is 2.48. The van der Waals surface area contributed by atoms with E-state index in [-0.39, 0.29) is 6.04 Å². The van der Waals surface area contributed by atoms with Crippen LogP contribution < -0.4 is 10.1 Å². The smallest absolute Gasteiger partial charge is 0.124 e. The first-order chi connectivity index (χ1) is 10.1. The number of rotatable bonds is 5. The number of hydrogen-bond donors (Lipinski definition) is 1. The predicted octanol–water partition coefficient (Wildman–Crippen LogP) is 4.34. The van der Waals surface area contributed by atoms with Gasteiger partial charge in [-0.1, -0.05) is 24.3 Å². The molecule has 0 aliphatic rings. The SMILES string of the molecule is CNC(c1ccc(SC)cc1)c1cc(C)c(OC)c(C)c1. The van der Waals surface area contributed by atoms with Crippen molar-refractivity contribution in [3.8, 4) is 5.75 Å². The van der Waals surface area contributed by atoms with E-state index in [2.05, 4.69) is 61.8 Å². The summed E-state index contributed by atoms with van der Waals surface area (Å²) >= 11 is 1.77. The van der Waals surface area contributed by atoms with Crippen LogP contribution in [0.25, 0.3) is 0 Å². The third kappa shape index (κ3) is 3.42. The molecule has 2 nitrogen and oxygen atoms in total. The monoisotopic (exact) mass is 301 g/mol. The van der Waals surface area contributed by atoms with Gasteiger partial charge in [0.05, 0.1) is 13.2 Å². The Labute approximate surface area is 131 Å². The van der Waals surface area contributed by atoms with Crippen molar-refractivity contribution in [2.45, 2.75) is 24.8 Å². The van der Waals surface area contributed by atoms with E-state index in [1.54, 1.807) is 18.9 Å². The normalized spacial score (nSPS) is 12.2. The first-order valence-corrected chi connectivity index (χ1v) is 8.29. The quantitative estimate of drug-likeness (QED) is 0.830. The van der Waals surface area contributed by atoms with Crippen LogP contribution in [0.3, 0.4) is 0 Å². The fraction of sp³-hybridized carbons (Fsp3) is 0.333. The summed E-state index contributed by atoms with van der Waals surface area (Å²) in [7, 11) is 3.73. The Balaban J connectivity index is 2.41. The molecule has 0 amide bonds. The topological polar surface area (TPSA) is 21.3 Å². The maximum atomic E-state index is 5.46. The summed E-state index contributed by atoms with van der Waals surface area (Å²) in [5.74, 6) is 0.978. The molecule has 2 aromatic carbocycles. The molecule has 1 atom stereocenters. The van der Waals surface area contributed by atoms with Gasteiger partial charge in [0.2, 0.25) is 0 Å². The lowest BCUT2D eigenvalue weighted by Crippen LogP contribution is -2.18. The molecule has 1 unspecified atom stereocenters. The van der Waals surface area contributed by atoms with Gasteiger partial charge in [0.15, 0.2) is 0 Å². The summed E-state index contributed by atoms with van der Waals surface area (Å²) in [6.45, 7) is 4.19. The highest BCUT2D eigenvalue weighted by atomic mass is 32.2. The van der Waals surface area contributed by atoms with Gasteiger partial charge >= 0.3 is 0 Å². The van der Waals surface area contributed by atoms with Crippen molar-refractivity contribution in [3.63, 3.8) is 0 Å². The second-order valence-electron chi connectivity index (χ2n) is 5.18. The van der Waals surface area contributed by atoms with Gasteiger partial charge in [-0.05, 0) is 61.5 Å². The summed E-state index contributed by atoms with van der Waals surface area (Å²) in [5, 5.41) is 3.42. The third-order valence-corrected chi connectivity index (χ3v) is 4.50. The van der Waals surface area contributed by atoms with Crippen molar-refractivity contribution in [1.82, 2.24) is 5.32 Å². The fourth-order valence-corrected chi connectivity index (χ4v) is 3.20. The van der Waals surface area contributed by atoms with E-state index in [0.717, 1.165) is 5.75 Å². The number of nitrogens with one attached hydrogen (secondary N) is 1. The molecule has 0 saturated carbocycles. The zero-order valence-electron chi connectivity index (χ0n) is 13.4. The largest absolute Gasteiger partial charge is 0.496 e. The van der Waals surface area contributed by atoms with Crippen LogP contribution in [0.15, 0.2) is 41.3 Å². The Morgan fingerprint density at radius 1 is 1.00 bits per heavy atom. The van der Waals surface area contributed by atoms with E-state index >= 15 is 0 Å². The standard InChI is InChI=1S/C18H23NOS/c1-12-10-15(11-13(2)18(12)20-4)17(19-3)14-6-8-16(21-5)9-7-14/h6-11,17,19H,1-5H3. The van der Waals surface area contributed by atoms with Crippen molar-refractivity contribution >= 4 is 11.8 Å². The molecule has 0 fully saturated rings. The Bertz CT molecular complexity index is 584. The van der Waals surface area contributed by atoms with Gasteiger partial charge in [-0.25, -0.2) is 0 Å². The van der Waals surface area contributed by atoms with Crippen molar-refractivity contribution in [1.29, 1.82) is 0 Å². The number of thioether (sulfide) groups is 1. The van der Waals surface area contributed by atoms with E-state index in [9.17, 15) is 0 Å². The van der Waals surface area contributed by atoms with Gasteiger partial charge in [-0.2, -0.15) is 0 Å². The van der Waals surface area contributed by atoms with Gasteiger partial charge in [0, 0.05) is 4.90 Å². The number of benzene rings is 2. The second-order valence-corrected chi connectivity index (χ2v) is 6.06. The van der Waals surface area contributed by atoms with Gasteiger partial charge in [-0.3, -0.25) is 0 Å². The molecule has 2 rings (SSSR count). The molecule has 0 saturated heterocycles. The molecule has 0 bridgehead atoms. The highest BCUT2D eigenvalue weighted by Gasteiger charge is 2.15. The maximum Gasteiger partial charge on any atom is 0.124 e. The van der Waals surface area contributed by atoms with Crippen LogP contribution in [0.1, 0.15) is 28.3 Å². The minimum atomic E-state index is 0.198. The Hall–Kier alpha value is -1.45. The fourth-order valence-electron chi connectivity index (χ4n) is 2.79. The molecule has 21 heavy (non-hydrogen) atoms. The van der Waals surface area contributed by atoms with Crippen molar-refractivity contribution in [3.05, 3.63) is 58.7 Å². The number of ether oxygens (including phenoxy) is 1.